The Balaban J connectivity index is 1.44. The van der Waals surface area contributed by atoms with Gasteiger partial charge in [-0.05, 0) is 81.9 Å². The number of benzene rings is 6. The van der Waals surface area contributed by atoms with Crippen LogP contribution in [-0.2, 0) is 0 Å². The summed E-state index contributed by atoms with van der Waals surface area (Å²) in [6.45, 7) is 0. The lowest BCUT2D eigenvalue weighted by Gasteiger charge is -2.10. The molecule has 38 heavy (non-hydrogen) atoms. The summed E-state index contributed by atoms with van der Waals surface area (Å²) in [5, 5.41) is 3.22. The molecule has 1 nitrogen and oxygen atoms in total. The lowest BCUT2D eigenvalue weighted by Crippen LogP contribution is -1.94. The number of halogens is 1. The Morgan fingerprint density at radius 1 is 0.368 bits per heavy atom. The summed E-state index contributed by atoms with van der Waals surface area (Å²) in [6, 6.07) is 51.6. The Bertz CT molecular complexity index is 1880. The fourth-order valence-corrected chi connectivity index (χ4v) is 5.49. The van der Waals surface area contributed by atoms with E-state index < -0.39 is 0 Å². The molecule has 0 spiro atoms. The number of aromatic nitrogens is 1. The fraction of sp³-hybridized carbons (Fsp3) is 0. The van der Waals surface area contributed by atoms with Crippen LogP contribution in [0.2, 0.25) is 5.02 Å². The van der Waals surface area contributed by atoms with Crippen LogP contribution in [0.15, 0.2) is 146 Å². The van der Waals surface area contributed by atoms with Crippen LogP contribution in [0.1, 0.15) is 0 Å². The van der Waals surface area contributed by atoms with E-state index in [1.165, 1.54) is 49.6 Å². The van der Waals surface area contributed by atoms with Crippen LogP contribution in [0.5, 0.6) is 0 Å². The number of hydrogen-bond acceptors (Lipinski definition) is 0. The summed E-state index contributed by atoms with van der Waals surface area (Å²) in [7, 11) is 0. The summed E-state index contributed by atoms with van der Waals surface area (Å²) in [5.41, 5.74) is 10.7. The molecule has 0 saturated heterocycles. The molecule has 0 radical (unpaired) electrons. The van der Waals surface area contributed by atoms with Gasteiger partial charge in [-0.2, -0.15) is 0 Å². The van der Waals surface area contributed by atoms with Gasteiger partial charge in [0.25, 0.3) is 0 Å². The van der Waals surface area contributed by atoms with Gasteiger partial charge in [-0.15, -0.1) is 0 Å². The van der Waals surface area contributed by atoms with Crippen LogP contribution < -0.4 is 0 Å². The van der Waals surface area contributed by atoms with Gasteiger partial charge in [0.2, 0.25) is 0 Å². The van der Waals surface area contributed by atoms with Crippen LogP contribution in [0.25, 0.3) is 60.9 Å². The average molecular weight is 506 g/mol. The van der Waals surface area contributed by atoms with Gasteiger partial charge < -0.3 is 4.57 Å². The predicted molar refractivity (Wildman–Crippen MR) is 162 cm³/mol. The molecule has 0 bridgehead atoms. The van der Waals surface area contributed by atoms with Crippen molar-refractivity contribution in [3.8, 4) is 39.1 Å². The van der Waals surface area contributed by atoms with Crippen molar-refractivity contribution in [3.63, 3.8) is 0 Å². The second-order valence-corrected chi connectivity index (χ2v) is 10.0. The third-order valence-corrected chi connectivity index (χ3v) is 7.53. The molecule has 6 aromatic carbocycles. The summed E-state index contributed by atoms with van der Waals surface area (Å²) in [4.78, 5) is 0. The number of nitrogens with zero attached hydrogens (tertiary/aromatic N) is 1. The zero-order chi connectivity index (χ0) is 25.5. The molecule has 0 aliphatic rings. The molecular formula is C36H24ClN. The normalized spacial score (nSPS) is 11.3. The molecule has 0 aliphatic carbocycles. The van der Waals surface area contributed by atoms with Crippen molar-refractivity contribution in [2.45, 2.75) is 0 Å². The highest BCUT2D eigenvalue weighted by molar-refractivity contribution is 6.30. The molecule has 0 fully saturated rings. The van der Waals surface area contributed by atoms with Gasteiger partial charge in [0.1, 0.15) is 0 Å². The third kappa shape index (κ3) is 3.98. The molecule has 0 aliphatic heterocycles. The minimum atomic E-state index is 0.748. The molecule has 0 unspecified atom stereocenters. The monoisotopic (exact) mass is 505 g/mol. The molecular weight excluding hydrogens is 482 g/mol. The van der Waals surface area contributed by atoms with Crippen molar-refractivity contribution >= 4 is 33.4 Å². The van der Waals surface area contributed by atoms with Crippen molar-refractivity contribution in [1.82, 2.24) is 4.57 Å². The van der Waals surface area contributed by atoms with Crippen molar-refractivity contribution in [3.05, 3.63) is 151 Å². The van der Waals surface area contributed by atoms with Gasteiger partial charge >= 0.3 is 0 Å². The van der Waals surface area contributed by atoms with E-state index in [1.807, 2.05) is 12.1 Å². The van der Waals surface area contributed by atoms with Crippen LogP contribution in [-0.4, -0.2) is 4.57 Å². The van der Waals surface area contributed by atoms with E-state index in [-0.39, 0.29) is 0 Å². The van der Waals surface area contributed by atoms with E-state index in [2.05, 4.69) is 138 Å². The molecule has 0 saturated carbocycles. The van der Waals surface area contributed by atoms with Crippen LogP contribution >= 0.6 is 11.6 Å². The van der Waals surface area contributed by atoms with E-state index in [4.69, 9.17) is 11.6 Å². The molecule has 1 heterocycles. The highest BCUT2D eigenvalue weighted by Crippen LogP contribution is 2.37. The number of rotatable bonds is 4. The van der Waals surface area contributed by atoms with Gasteiger partial charge in [-0.25, -0.2) is 0 Å². The first-order chi connectivity index (χ1) is 18.7. The van der Waals surface area contributed by atoms with Gasteiger partial charge in [0.15, 0.2) is 0 Å². The molecule has 0 N–H and O–H groups in total. The summed E-state index contributed by atoms with van der Waals surface area (Å²) < 4.78 is 2.37. The maximum atomic E-state index is 6.17. The highest BCUT2D eigenvalue weighted by Gasteiger charge is 2.15. The Hall–Kier alpha value is -4.59. The molecule has 7 aromatic rings. The quantitative estimate of drug-likeness (QED) is 0.224. The summed E-state index contributed by atoms with van der Waals surface area (Å²) in [5.74, 6) is 0. The summed E-state index contributed by atoms with van der Waals surface area (Å²) in [6.07, 6.45) is 0. The van der Waals surface area contributed by atoms with E-state index in [9.17, 15) is 0 Å². The van der Waals surface area contributed by atoms with Gasteiger partial charge in [-0.3, -0.25) is 0 Å². The van der Waals surface area contributed by atoms with E-state index in [1.54, 1.807) is 0 Å². The lowest BCUT2D eigenvalue weighted by molar-refractivity contribution is 1.18. The minimum Gasteiger partial charge on any atom is -0.309 e. The van der Waals surface area contributed by atoms with Gasteiger partial charge in [-0.1, -0.05) is 109 Å². The second kappa shape index (κ2) is 9.37. The Morgan fingerprint density at radius 2 is 0.763 bits per heavy atom. The zero-order valence-electron chi connectivity index (χ0n) is 20.7. The van der Waals surface area contributed by atoms with E-state index in [0.717, 1.165) is 16.3 Å². The third-order valence-electron chi connectivity index (χ3n) is 7.28. The largest absolute Gasteiger partial charge is 0.309 e. The summed E-state index contributed by atoms with van der Waals surface area (Å²) >= 11 is 6.17. The van der Waals surface area contributed by atoms with E-state index in [0.29, 0.717) is 0 Å². The second-order valence-electron chi connectivity index (χ2n) is 9.59. The Morgan fingerprint density at radius 3 is 1.29 bits per heavy atom. The molecule has 0 amide bonds. The standard InChI is InChI=1S/C36H24ClN/c37-31-17-11-28(12-18-31)30-16-22-36-34(24-30)33-23-29(26-9-5-2-6-10-26)15-21-35(33)38(36)32-19-13-27(14-20-32)25-7-3-1-4-8-25/h1-24H. The molecule has 180 valence electrons. The molecule has 7 rings (SSSR count). The van der Waals surface area contributed by atoms with Crippen molar-refractivity contribution in [1.29, 1.82) is 0 Å². The van der Waals surface area contributed by atoms with Crippen LogP contribution in [0.3, 0.4) is 0 Å². The number of fused-ring (bicyclic) bond motifs is 3. The first kappa shape index (κ1) is 22.6. The van der Waals surface area contributed by atoms with Crippen molar-refractivity contribution in [2.24, 2.45) is 0 Å². The van der Waals surface area contributed by atoms with E-state index >= 15 is 0 Å². The van der Waals surface area contributed by atoms with Crippen molar-refractivity contribution < 1.29 is 0 Å². The lowest BCUT2D eigenvalue weighted by atomic mass is 10.0. The molecule has 1 aromatic heterocycles. The minimum absolute atomic E-state index is 0.748. The SMILES string of the molecule is Clc1ccc(-c2ccc3c(c2)c2cc(-c4ccccc4)ccc2n3-c2ccc(-c3ccccc3)cc2)cc1. The first-order valence-corrected chi connectivity index (χ1v) is 13.2. The van der Waals surface area contributed by atoms with Crippen molar-refractivity contribution in [2.75, 3.05) is 0 Å². The first-order valence-electron chi connectivity index (χ1n) is 12.8. The van der Waals surface area contributed by atoms with Gasteiger partial charge in [0.05, 0.1) is 11.0 Å². The van der Waals surface area contributed by atoms with Crippen LogP contribution in [0.4, 0.5) is 0 Å². The molecule has 2 heteroatoms. The predicted octanol–water partition coefficient (Wildman–Crippen LogP) is 10.4. The van der Waals surface area contributed by atoms with Crippen LogP contribution in [0, 0.1) is 0 Å². The fourth-order valence-electron chi connectivity index (χ4n) is 5.37. The Kier molecular flexibility index (Phi) is 5.57. The smallest absolute Gasteiger partial charge is 0.0541 e. The molecule has 0 atom stereocenters. The maximum absolute atomic E-state index is 6.17. The number of hydrogen-bond donors (Lipinski definition) is 0. The average Bonchev–Trinajstić information content (AvgIpc) is 3.31. The Labute approximate surface area is 227 Å². The topological polar surface area (TPSA) is 4.93 Å². The maximum Gasteiger partial charge on any atom is 0.0541 e. The van der Waals surface area contributed by atoms with Gasteiger partial charge in [0, 0.05) is 21.5 Å². The highest BCUT2D eigenvalue weighted by atomic mass is 35.5. The zero-order valence-corrected chi connectivity index (χ0v) is 21.4.